The minimum atomic E-state index is 0.807. The van der Waals surface area contributed by atoms with Crippen LogP contribution >= 0.6 is 11.3 Å². The Labute approximate surface area is 98.1 Å². The van der Waals surface area contributed by atoms with Gasteiger partial charge in [-0.2, -0.15) is 0 Å². The van der Waals surface area contributed by atoms with Gasteiger partial charge in [0.15, 0.2) is 0 Å². The average Bonchev–Trinajstić information content (AvgIpc) is 2.97. The lowest BCUT2D eigenvalue weighted by atomic mass is 10.0. The molecule has 3 heteroatoms. The van der Waals surface area contributed by atoms with Gasteiger partial charge in [-0.1, -0.05) is 18.2 Å². The summed E-state index contributed by atoms with van der Waals surface area (Å²) in [6.45, 7) is 0.807. The van der Waals surface area contributed by atoms with Crippen LogP contribution in [0.25, 0.3) is 10.4 Å². The van der Waals surface area contributed by atoms with Crippen molar-refractivity contribution in [2.75, 3.05) is 11.4 Å². The van der Waals surface area contributed by atoms with Crippen molar-refractivity contribution >= 4 is 23.4 Å². The first-order chi connectivity index (χ1) is 7.90. The monoisotopic (exact) mass is 229 g/mol. The number of carbonyl (C=O) groups excluding carboxylic acids is 1. The third-order valence-electron chi connectivity index (χ3n) is 2.98. The first-order valence-corrected chi connectivity index (χ1v) is 6.16. The summed E-state index contributed by atoms with van der Waals surface area (Å²) in [7, 11) is 0. The Kier molecular flexibility index (Phi) is 2.26. The highest BCUT2D eigenvalue weighted by atomic mass is 32.1. The Balaban J connectivity index is 2.16. The van der Waals surface area contributed by atoms with E-state index in [1.54, 1.807) is 16.2 Å². The highest BCUT2D eigenvalue weighted by Gasteiger charge is 2.21. The molecule has 1 amide bonds. The summed E-state index contributed by atoms with van der Waals surface area (Å²) in [5, 5.41) is 2.08. The van der Waals surface area contributed by atoms with Crippen LogP contribution in [0.1, 0.15) is 5.56 Å². The topological polar surface area (TPSA) is 20.3 Å². The number of fused-ring (bicyclic) bond motifs is 1. The molecule has 2 aromatic rings. The highest BCUT2D eigenvalue weighted by Crippen LogP contribution is 2.37. The van der Waals surface area contributed by atoms with Crippen molar-refractivity contribution in [2.45, 2.75) is 6.42 Å². The maximum atomic E-state index is 10.9. The average molecular weight is 229 g/mol. The minimum Gasteiger partial charge on any atom is -0.314 e. The van der Waals surface area contributed by atoms with Crippen molar-refractivity contribution in [3.63, 3.8) is 0 Å². The predicted molar refractivity (Wildman–Crippen MR) is 66.9 cm³/mol. The molecule has 1 aromatic carbocycles. The van der Waals surface area contributed by atoms with Crippen molar-refractivity contribution in [2.24, 2.45) is 0 Å². The second-order valence-electron chi connectivity index (χ2n) is 3.83. The van der Waals surface area contributed by atoms with Gasteiger partial charge in [0.1, 0.15) is 0 Å². The normalized spacial score (nSPS) is 13.9. The fourth-order valence-corrected chi connectivity index (χ4v) is 3.01. The lowest BCUT2D eigenvalue weighted by Gasteiger charge is -2.10. The van der Waals surface area contributed by atoms with Gasteiger partial charge in [-0.15, -0.1) is 11.3 Å². The molecule has 0 aliphatic carbocycles. The Bertz CT molecular complexity index is 519. The van der Waals surface area contributed by atoms with Gasteiger partial charge in [0.2, 0.25) is 6.41 Å². The summed E-state index contributed by atoms with van der Waals surface area (Å²) in [6, 6.07) is 10.4. The fourth-order valence-electron chi connectivity index (χ4n) is 2.23. The second-order valence-corrected chi connectivity index (χ2v) is 4.78. The molecule has 80 valence electrons. The van der Waals surface area contributed by atoms with Crippen LogP contribution in [0.15, 0.2) is 35.7 Å². The standard InChI is InChI=1S/C13H11NOS/c15-9-14-7-6-10-11(3-1-4-12(10)14)13-5-2-8-16-13/h1-5,8-9H,6-7H2. The van der Waals surface area contributed by atoms with Gasteiger partial charge in [0, 0.05) is 17.1 Å². The predicted octanol–water partition coefficient (Wildman–Crippen LogP) is 2.93. The Hall–Kier alpha value is -1.61. The van der Waals surface area contributed by atoms with Crippen LogP contribution in [0.5, 0.6) is 0 Å². The summed E-state index contributed by atoms with van der Waals surface area (Å²) >= 11 is 1.74. The lowest BCUT2D eigenvalue weighted by molar-refractivity contribution is -0.107. The van der Waals surface area contributed by atoms with E-state index in [2.05, 4.69) is 23.6 Å². The van der Waals surface area contributed by atoms with Crippen molar-refractivity contribution < 1.29 is 4.79 Å². The molecule has 0 bridgehead atoms. The molecule has 0 N–H and O–H groups in total. The zero-order valence-corrected chi connectivity index (χ0v) is 9.54. The largest absolute Gasteiger partial charge is 0.314 e. The van der Waals surface area contributed by atoms with Gasteiger partial charge in [-0.25, -0.2) is 0 Å². The molecule has 2 nitrogen and oxygen atoms in total. The molecule has 0 unspecified atom stereocenters. The molecular weight excluding hydrogens is 218 g/mol. The molecule has 0 atom stereocenters. The van der Waals surface area contributed by atoms with E-state index in [4.69, 9.17) is 0 Å². The summed E-state index contributed by atoms with van der Waals surface area (Å²) in [4.78, 5) is 14.0. The van der Waals surface area contributed by atoms with Gasteiger partial charge in [-0.3, -0.25) is 4.79 Å². The van der Waals surface area contributed by atoms with E-state index in [0.29, 0.717) is 0 Å². The number of anilines is 1. The molecule has 16 heavy (non-hydrogen) atoms. The molecule has 0 saturated heterocycles. The van der Waals surface area contributed by atoms with Crippen molar-refractivity contribution in [3.05, 3.63) is 41.3 Å². The number of nitrogens with zero attached hydrogens (tertiary/aromatic N) is 1. The summed E-state index contributed by atoms with van der Waals surface area (Å²) in [6.07, 6.45) is 1.88. The Morgan fingerprint density at radius 2 is 2.19 bits per heavy atom. The number of hydrogen-bond acceptors (Lipinski definition) is 2. The second kappa shape index (κ2) is 3.76. The van der Waals surface area contributed by atoms with E-state index >= 15 is 0 Å². The van der Waals surface area contributed by atoms with E-state index in [1.165, 1.54) is 16.0 Å². The smallest absolute Gasteiger partial charge is 0.214 e. The number of hydrogen-bond donors (Lipinski definition) is 0. The first kappa shape index (κ1) is 9.60. The lowest BCUT2D eigenvalue weighted by Crippen LogP contribution is -2.16. The van der Waals surface area contributed by atoms with Crippen LogP contribution < -0.4 is 4.90 Å². The van der Waals surface area contributed by atoms with Gasteiger partial charge in [0.25, 0.3) is 0 Å². The van der Waals surface area contributed by atoms with Crippen molar-refractivity contribution in [1.29, 1.82) is 0 Å². The summed E-state index contributed by atoms with van der Waals surface area (Å²) in [5.74, 6) is 0. The molecule has 0 radical (unpaired) electrons. The number of amides is 1. The summed E-state index contributed by atoms with van der Waals surface area (Å²) < 4.78 is 0. The zero-order chi connectivity index (χ0) is 11.0. The van der Waals surface area contributed by atoms with Gasteiger partial charge < -0.3 is 4.90 Å². The van der Waals surface area contributed by atoms with Crippen molar-refractivity contribution in [1.82, 2.24) is 0 Å². The number of thiophene rings is 1. The molecular formula is C13H11NOS. The van der Waals surface area contributed by atoms with E-state index < -0.39 is 0 Å². The number of carbonyl (C=O) groups is 1. The van der Waals surface area contributed by atoms with Gasteiger partial charge in [-0.05, 0) is 35.1 Å². The number of benzene rings is 1. The maximum absolute atomic E-state index is 10.9. The molecule has 0 fully saturated rings. The molecule has 0 spiro atoms. The van der Waals surface area contributed by atoms with Gasteiger partial charge in [0.05, 0.1) is 0 Å². The van der Waals surface area contributed by atoms with E-state index in [1.807, 2.05) is 12.1 Å². The van der Waals surface area contributed by atoms with Crippen LogP contribution in [0.2, 0.25) is 0 Å². The SMILES string of the molecule is O=CN1CCc2c(-c3cccs3)cccc21. The highest BCUT2D eigenvalue weighted by molar-refractivity contribution is 7.13. The number of rotatable bonds is 2. The minimum absolute atomic E-state index is 0.807. The maximum Gasteiger partial charge on any atom is 0.214 e. The molecule has 3 rings (SSSR count). The quantitative estimate of drug-likeness (QED) is 0.725. The fraction of sp³-hybridized carbons (Fsp3) is 0.154. The van der Waals surface area contributed by atoms with Crippen LogP contribution in [0, 0.1) is 0 Å². The first-order valence-electron chi connectivity index (χ1n) is 5.28. The van der Waals surface area contributed by atoms with Gasteiger partial charge >= 0.3 is 0 Å². The van der Waals surface area contributed by atoms with Crippen LogP contribution in [0.4, 0.5) is 5.69 Å². The van der Waals surface area contributed by atoms with Crippen LogP contribution in [-0.2, 0) is 11.2 Å². The third-order valence-corrected chi connectivity index (χ3v) is 3.88. The Morgan fingerprint density at radius 1 is 1.25 bits per heavy atom. The Morgan fingerprint density at radius 3 is 2.94 bits per heavy atom. The van der Waals surface area contributed by atoms with Crippen molar-refractivity contribution in [3.8, 4) is 10.4 Å². The van der Waals surface area contributed by atoms with E-state index in [0.717, 1.165) is 25.1 Å². The zero-order valence-electron chi connectivity index (χ0n) is 8.72. The molecule has 1 aromatic heterocycles. The third kappa shape index (κ3) is 1.36. The molecule has 0 saturated carbocycles. The van der Waals surface area contributed by atoms with Crippen LogP contribution in [0.3, 0.4) is 0 Å². The molecule has 2 heterocycles. The molecule has 1 aliphatic heterocycles. The summed E-state index contributed by atoms with van der Waals surface area (Å²) in [5.41, 5.74) is 3.65. The molecule has 1 aliphatic rings. The van der Waals surface area contributed by atoms with Crippen LogP contribution in [-0.4, -0.2) is 13.0 Å². The van der Waals surface area contributed by atoms with E-state index in [9.17, 15) is 4.79 Å². The van der Waals surface area contributed by atoms with E-state index in [-0.39, 0.29) is 0 Å².